The molecule has 1 saturated carbocycles. The van der Waals surface area contributed by atoms with E-state index in [9.17, 15) is 14.7 Å². The first-order valence-electron chi connectivity index (χ1n) is 10.7. The van der Waals surface area contributed by atoms with Crippen molar-refractivity contribution in [1.29, 1.82) is 0 Å². The number of hydrogen-bond donors (Lipinski definition) is 2. The highest BCUT2D eigenvalue weighted by Gasteiger charge is 2.45. The zero-order chi connectivity index (χ0) is 22.3. The molecular weight excluding hydrogens is 400 g/mol. The molecule has 2 aliphatic rings. The Labute approximate surface area is 181 Å². The number of hydrogen-bond acceptors (Lipinski definition) is 7. The smallest absolute Gasteiger partial charge is 0.248 e. The molecule has 2 amide bonds. The van der Waals surface area contributed by atoms with Crippen molar-refractivity contribution in [2.45, 2.75) is 77.1 Å². The summed E-state index contributed by atoms with van der Waals surface area (Å²) in [7, 11) is 0. The van der Waals surface area contributed by atoms with Crippen molar-refractivity contribution in [3.05, 3.63) is 30.2 Å². The summed E-state index contributed by atoms with van der Waals surface area (Å²) in [5.74, 6) is 0.365. The molecule has 4 atom stereocenters. The highest BCUT2D eigenvalue weighted by Crippen LogP contribution is 2.40. The van der Waals surface area contributed by atoms with Crippen molar-refractivity contribution >= 4 is 11.8 Å². The van der Waals surface area contributed by atoms with Gasteiger partial charge in [-0.1, -0.05) is 26.0 Å². The lowest BCUT2D eigenvalue weighted by molar-refractivity contribution is -0.144. The average Bonchev–Trinajstić information content (AvgIpc) is 3.11. The first-order valence-corrected chi connectivity index (χ1v) is 10.7. The highest BCUT2D eigenvalue weighted by atomic mass is 16.3. The molecule has 1 saturated heterocycles. The largest absolute Gasteiger partial charge is 0.446 e. The first-order chi connectivity index (χ1) is 14.6. The van der Waals surface area contributed by atoms with Gasteiger partial charge in [0, 0.05) is 25.1 Å². The average molecular weight is 431 g/mol. The van der Waals surface area contributed by atoms with E-state index in [1.165, 1.54) is 17.5 Å². The topological polar surface area (TPSA) is 126 Å². The fourth-order valence-electron chi connectivity index (χ4n) is 4.15. The summed E-state index contributed by atoms with van der Waals surface area (Å²) >= 11 is 0. The number of amides is 2. The van der Waals surface area contributed by atoms with Gasteiger partial charge in [0.15, 0.2) is 6.39 Å². The van der Waals surface area contributed by atoms with Crippen LogP contribution in [0.1, 0.15) is 76.4 Å². The third-order valence-electron chi connectivity index (χ3n) is 5.94. The van der Waals surface area contributed by atoms with Crippen molar-refractivity contribution in [2.24, 2.45) is 5.41 Å². The molecule has 10 heteroatoms. The molecule has 168 valence electrons. The fourth-order valence-corrected chi connectivity index (χ4v) is 4.15. The Bertz CT molecular complexity index is 930. The molecule has 1 aliphatic carbocycles. The van der Waals surface area contributed by atoms with Gasteiger partial charge in [-0.2, -0.15) is 0 Å². The van der Waals surface area contributed by atoms with Crippen LogP contribution in [0.5, 0.6) is 0 Å². The molecule has 10 nitrogen and oxygen atoms in total. The normalized spacial score (nSPS) is 23.6. The van der Waals surface area contributed by atoms with Crippen LogP contribution in [0.3, 0.4) is 0 Å². The Morgan fingerprint density at radius 3 is 2.68 bits per heavy atom. The van der Waals surface area contributed by atoms with Crippen LogP contribution in [-0.4, -0.2) is 60.5 Å². The predicted octanol–water partition coefficient (Wildman–Crippen LogP) is 1.57. The Kier molecular flexibility index (Phi) is 5.59. The maximum atomic E-state index is 13.7. The van der Waals surface area contributed by atoms with Gasteiger partial charge in [-0.3, -0.25) is 9.59 Å². The predicted molar refractivity (Wildman–Crippen MR) is 110 cm³/mol. The van der Waals surface area contributed by atoms with Crippen molar-refractivity contribution in [2.75, 3.05) is 6.54 Å². The Hall–Kier alpha value is -2.75. The van der Waals surface area contributed by atoms with Crippen LogP contribution in [-0.2, 0) is 9.59 Å². The van der Waals surface area contributed by atoms with Crippen LogP contribution in [0.25, 0.3) is 0 Å². The standard InChI is InChI=1S/C21H30N6O4/c1-12(17-8-22-11-31-17)23-19(29)16-7-14(28)9-26(16)20(30)18(21(2,3)4)27-10-15(24-25-27)13-5-6-13/h8,10-14,16,18,28H,5-7,9H2,1-4H3,(H,23,29)/t12?,14-,16+,18-/m0/s1. The number of carbonyl (C=O) groups excluding carboxylic acids is 2. The van der Waals surface area contributed by atoms with E-state index in [4.69, 9.17) is 4.42 Å². The third-order valence-corrected chi connectivity index (χ3v) is 5.94. The molecule has 2 aromatic rings. The fraction of sp³-hybridized carbons (Fsp3) is 0.667. The molecule has 31 heavy (non-hydrogen) atoms. The van der Waals surface area contributed by atoms with Gasteiger partial charge in [0.05, 0.1) is 24.0 Å². The Morgan fingerprint density at radius 1 is 1.32 bits per heavy atom. The molecule has 3 heterocycles. The number of likely N-dealkylation sites (tertiary alicyclic amines) is 1. The zero-order valence-corrected chi connectivity index (χ0v) is 18.4. The van der Waals surface area contributed by atoms with Gasteiger partial charge < -0.3 is 19.7 Å². The minimum Gasteiger partial charge on any atom is -0.446 e. The number of aromatic nitrogens is 4. The summed E-state index contributed by atoms with van der Waals surface area (Å²) < 4.78 is 6.87. The maximum Gasteiger partial charge on any atom is 0.248 e. The summed E-state index contributed by atoms with van der Waals surface area (Å²) in [6, 6.07) is -1.82. The monoisotopic (exact) mass is 430 g/mol. The lowest BCUT2D eigenvalue weighted by Gasteiger charge is -2.34. The second-order valence-corrected chi connectivity index (χ2v) is 9.70. The third kappa shape index (κ3) is 4.48. The molecule has 0 aromatic carbocycles. The van der Waals surface area contributed by atoms with Gasteiger partial charge in [0.2, 0.25) is 11.8 Å². The van der Waals surface area contributed by atoms with Gasteiger partial charge in [-0.15, -0.1) is 5.10 Å². The quantitative estimate of drug-likeness (QED) is 0.712. The van der Waals surface area contributed by atoms with Gasteiger partial charge >= 0.3 is 0 Å². The second kappa shape index (κ2) is 8.07. The summed E-state index contributed by atoms with van der Waals surface area (Å²) in [5.41, 5.74) is 0.437. The van der Waals surface area contributed by atoms with Crippen LogP contribution in [0.15, 0.2) is 23.2 Å². The van der Waals surface area contributed by atoms with Crippen molar-refractivity contribution in [3.63, 3.8) is 0 Å². The van der Waals surface area contributed by atoms with Gasteiger partial charge in [-0.25, -0.2) is 9.67 Å². The van der Waals surface area contributed by atoms with E-state index < -0.39 is 29.6 Å². The zero-order valence-electron chi connectivity index (χ0n) is 18.4. The molecule has 2 N–H and O–H groups in total. The first kappa shape index (κ1) is 21.5. The minimum absolute atomic E-state index is 0.102. The molecular formula is C21H30N6O4. The van der Waals surface area contributed by atoms with Gasteiger partial charge in [0.1, 0.15) is 17.8 Å². The SMILES string of the molecule is CC(NC(=O)[C@H]1C[C@H](O)CN1C(=O)[C@H](n1cc(C2CC2)nn1)C(C)(C)C)c1cnco1. The number of rotatable bonds is 6. The number of carbonyl (C=O) groups is 2. The van der Waals surface area contributed by atoms with Crippen LogP contribution >= 0.6 is 0 Å². The maximum absolute atomic E-state index is 13.7. The van der Waals surface area contributed by atoms with E-state index in [-0.39, 0.29) is 24.8 Å². The second-order valence-electron chi connectivity index (χ2n) is 9.70. The molecule has 0 spiro atoms. The van der Waals surface area contributed by atoms with Gasteiger partial charge in [-0.05, 0) is 25.2 Å². The minimum atomic E-state index is -0.774. The van der Waals surface area contributed by atoms with Crippen LogP contribution < -0.4 is 5.32 Å². The van der Waals surface area contributed by atoms with E-state index in [2.05, 4.69) is 20.6 Å². The molecule has 2 aromatic heterocycles. The molecule has 0 bridgehead atoms. The molecule has 4 rings (SSSR count). The summed E-state index contributed by atoms with van der Waals surface area (Å²) in [6.07, 6.45) is 6.29. The molecule has 1 unspecified atom stereocenters. The lowest BCUT2D eigenvalue weighted by Crippen LogP contribution is -2.50. The van der Waals surface area contributed by atoms with Gasteiger partial charge in [0.25, 0.3) is 0 Å². The number of aliphatic hydroxyl groups excluding tert-OH is 1. The molecule has 2 fully saturated rings. The van der Waals surface area contributed by atoms with E-state index in [0.29, 0.717) is 11.7 Å². The van der Waals surface area contributed by atoms with E-state index in [0.717, 1.165) is 18.5 Å². The van der Waals surface area contributed by atoms with E-state index in [1.807, 2.05) is 27.0 Å². The van der Waals surface area contributed by atoms with Crippen molar-refractivity contribution < 1.29 is 19.1 Å². The number of nitrogens with zero attached hydrogens (tertiary/aromatic N) is 5. The summed E-state index contributed by atoms with van der Waals surface area (Å²) in [4.78, 5) is 32.0. The Balaban J connectivity index is 1.55. The molecule has 1 aliphatic heterocycles. The molecule has 0 radical (unpaired) electrons. The van der Waals surface area contributed by atoms with Crippen molar-refractivity contribution in [3.8, 4) is 0 Å². The Morgan fingerprint density at radius 2 is 2.06 bits per heavy atom. The summed E-state index contributed by atoms with van der Waals surface area (Å²) in [6.45, 7) is 7.76. The highest BCUT2D eigenvalue weighted by molar-refractivity contribution is 5.90. The van der Waals surface area contributed by atoms with E-state index in [1.54, 1.807) is 11.6 Å². The number of β-amino-alcohol motifs (C(OH)–C–C–N with tert-alkyl or cyclic N) is 1. The summed E-state index contributed by atoms with van der Waals surface area (Å²) in [5, 5.41) is 21.7. The van der Waals surface area contributed by atoms with Crippen LogP contribution in [0.2, 0.25) is 0 Å². The number of oxazole rings is 1. The number of nitrogens with one attached hydrogen (secondary N) is 1. The van der Waals surface area contributed by atoms with E-state index >= 15 is 0 Å². The van der Waals surface area contributed by atoms with Crippen LogP contribution in [0.4, 0.5) is 0 Å². The number of aliphatic hydroxyl groups is 1. The lowest BCUT2D eigenvalue weighted by atomic mass is 9.85. The van der Waals surface area contributed by atoms with Crippen LogP contribution in [0, 0.1) is 5.41 Å². The van der Waals surface area contributed by atoms with Crippen molar-refractivity contribution in [1.82, 2.24) is 30.2 Å².